The van der Waals surface area contributed by atoms with Crippen molar-refractivity contribution < 1.29 is 14.7 Å². The number of hydrogen-bond acceptors (Lipinski definition) is 3. The summed E-state index contributed by atoms with van der Waals surface area (Å²) < 4.78 is 0. The number of carboxylic acids is 1. The average molecular weight is 265 g/mol. The number of allylic oxidation sites excluding steroid dienone is 1. The van der Waals surface area contributed by atoms with Crippen molar-refractivity contribution in [2.45, 2.75) is 0 Å². The molecule has 0 radical (unpaired) electrons. The van der Waals surface area contributed by atoms with E-state index in [1.807, 2.05) is 24.3 Å². The van der Waals surface area contributed by atoms with E-state index in [-0.39, 0.29) is 5.56 Å². The number of rotatable bonds is 2. The summed E-state index contributed by atoms with van der Waals surface area (Å²) in [6.07, 6.45) is 5.21. The van der Waals surface area contributed by atoms with Gasteiger partial charge in [-0.2, -0.15) is 0 Å². The molecule has 2 aromatic carbocycles. The van der Waals surface area contributed by atoms with Crippen molar-refractivity contribution >= 4 is 18.3 Å². The van der Waals surface area contributed by atoms with Gasteiger partial charge >= 0.3 is 5.97 Å². The molecule has 2 aromatic rings. The number of carboxylic acid groups (broad SMARTS) is 1. The van der Waals surface area contributed by atoms with Gasteiger partial charge in [0.1, 0.15) is 0 Å². The molecule has 0 aromatic heterocycles. The lowest BCUT2D eigenvalue weighted by molar-refractivity contribution is 0.0697. The Bertz CT molecular complexity index is 732. The third-order valence-corrected chi connectivity index (χ3v) is 3.05. The Labute approximate surface area is 115 Å². The highest BCUT2D eigenvalue weighted by atomic mass is 16.6. The van der Waals surface area contributed by atoms with Crippen molar-refractivity contribution in [2.24, 2.45) is 5.16 Å². The Morgan fingerprint density at radius 1 is 1.15 bits per heavy atom. The van der Waals surface area contributed by atoms with Crippen LogP contribution in [0.25, 0.3) is 17.2 Å². The second kappa shape index (κ2) is 5.01. The van der Waals surface area contributed by atoms with Gasteiger partial charge in [0.15, 0.2) is 5.75 Å². The molecular weight excluding hydrogens is 254 g/mol. The van der Waals surface area contributed by atoms with E-state index in [0.717, 1.165) is 11.1 Å². The Morgan fingerprint density at radius 3 is 2.85 bits per heavy atom. The second-order valence-electron chi connectivity index (χ2n) is 4.31. The van der Waals surface area contributed by atoms with Crippen LogP contribution in [0, 0.1) is 0 Å². The first kappa shape index (κ1) is 12.2. The predicted molar refractivity (Wildman–Crippen MR) is 77.0 cm³/mol. The van der Waals surface area contributed by atoms with Crippen molar-refractivity contribution in [3.8, 4) is 16.9 Å². The van der Waals surface area contributed by atoms with Crippen LogP contribution in [0.5, 0.6) is 5.75 Å². The summed E-state index contributed by atoms with van der Waals surface area (Å²) in [4.78, 5) is 16.5. The van der Waals surface area contributed by atoms with Gasteiger partial charge in [0.25, 0.3) is 0 Å². The molecule has 0 atom stereocenters. The highest BCUT2D eigenvalue weighted by Gasteiger charge is 2.12. The number of aromatic carboxylic acids is 1. The topological polar surface area (TPSA) is 58.9 Å². The van der Waals surface area contributed by atoms with E-state index >= 15 is 0 Å². The van der Waals surface area contributed by atoms with Crippen LogP contribution in [0.3, 0.4) is 0 Å². The van der Waals surface area contributed by atoms with Crippen molar-refractivity contribution in [2.75, 3.05) is 0 Å². The highest BCUT2D eigenvalue weighted by molar-refractivity contribution is 5.96. The normalized spacial score (nSPS) is 12.4. The number of carbonyl (C=O) groups is 1. The molecular formula is C16H11NO3. The molecule has 98 valence electrons. The Morgan fingerprint density at radius 2 is 2.00 bits per heavy atom. The summed E-state index contributed by atoms with van der Waals surface area (Å²) >= 11 is 0. The van der Waals surface area contributed by atoms with Gasteiger partial charge < -0.3 is 9.94 Å². The van der Waals surface area contributed by atoms with Crippen LogP contribution in [0.2, 0.25) is 0 Å². The van der Waals surface area contributed by atoms with Crippen LogP contribution in [0.4, 0.5) is 0 Å². The third-order valence-electron chi connectivity index (χ3n) is 3.05. The largest absolute Gasteiger partial charge is 0.478 e. The molecule has 0 saturated heterocycles. The monoisotopic (exact) mass is 265 g/mol. The molecule has 1 aliphatic rings. The molecule has 0 unspecified atom stereocenters. The number of hydrogen-bond donors (Lipinski definition) is 1. The van der Waals surface area contributed by atoms with Crippen molar-refractivity contribution in [3.05, 3.63) is 59.7 Å². The number of nitrogens with zero attached hydrogens (tertiary/aromatic N) is 1. The third kappa shape index (κ3) is 2.19. The first-order valence-electron chi connectivity index (χ1n) is 6.09. The van der Waals surface area contributed by atoms with Crippen LogP contribution in [0.1, 0.15) is 15.9 Å². The molecule has 1 aliphatic heterocycles. The van der Waals surface area contributed by atoms with Gasteiger partial charge in [0.05, 0.1) is 11.8 Å². The molecule has 0 spiro atoms. The van der Waals surface area contributed by atoms with E-state index in [4.69, 9.17) is 4.84 Å². The predicted octanol–water partition coefficient (Wildman–Crippen LogP) is 3.44. The van der Waals surface area contributed by atoms with Gasteiger partial charge in [-0.3, -0.25) is 0 Å². The van der Waals surface area contributed by atoms with Crippen LogP contribution >= 0.6 is 0 Å². The minimum atomic E-state index is -0.939. The molecule has 4 heteroatoms. The van der Waals surface area contributed by atoms with Gasteiger partial charge in [-0.1, -0.05) is 29.4 Å². The average Bonchev–Trinajstić information content (AvgIpc) is 2.71. The lowest BCUT2D eigenvalue weighted by Crippen LogP contribution is -1.99. The number of fused-ring (bicyclic) bond motifs is 1. The molecule has 0 amide bonds. The Balaban J connectivity index is 2.13. The van der Waals surface area contributed by atoms with Gasteiger partial charge in [0.2, 0.25) is 0 Å². The van der Waals surface area contributed by atoms with Crippen molar-refractivity contribution in [3.63, 3.8) is 0 Å². The summed E-state index contributed by atoms with van der Waals surface area (Å²) in [7, 11) is 0. The van der Waals surface area contributed by atoms with E-state index in [1.165, 1.54) is 0 Å². The fourth-order valence-electron chi connectivity index (χ4n) is 2.12. The molecule has 0 fully saturated rings. The zero-order valence-corrected chi connectivity index (χ0v) is 10.5. The molecule has 0 aliphatic carbocycles. The molecule has 4 nitrogen and oxygen atoms in total. The van der Waals surface area contributed by atoms with E-state index < -0.39 is 5.97 Å². The first-order valence-corrected chi connectivity index (χ1v) is 6.09. The van der Waals surface area contributed by atoms with Crippen LogP contribution in [-0.4, -0.2) is 17.3 Å². The smallest absolute Gasteiger partial charge is 0.336 e. The van der Waals surface area contributed by atoms with Gasteiger partial charge in [-0.25, -0.2) is 4.79 Å². The summed E-state index contributed by atoms with van der Waals surface area (Å²) in [5.74, 6) is -0.294. The zero-order chi connectivity index (χ0) is 13.9. The maximum atomic E-state index is 11.3. The van der Waals surface area contributed by atoms with Crippen molar-refractivity contribution in [1.29, 1.82) is 0 Å². The van der Waals surface area contributed by atoms with Crippen LogP contribution < -0.4 is 4.84 Å². The maximum Gasteiger partial charge on any atom is 0.336 e. The number of oxime groups is 1. The van der Waals surface area contributed by atoms with Gasteiger partial charge in [0, 0.05) is 5.56 Å². The first-order chi connectivity index (χ1) is 9.75. The molecule has 1 N–H and O–H groups in total. The minimum absolute atomic E-state index is 0.280. The fraction of sp³-hybridized carbons (Fsp3) is 0. The van der Waals surface area contributed by atoms with Gasteiger partial charge in [-0.15, -0.1) is 0 Å². The van der Waals surface area contributed by atoms with Crippen LogP contribution in [-0.2, 0) is 0 Å². The summed E-state index contributed by atoms with van der Waals surface area (Å²) in [5, 5.41) is 13.0. The lowest BCUT2D eigenvalue weighted by Gasteiger charge is -2.09. The summed E-state index contributed by atoms with van der Waals surface area (Å²) in [6.45, 7) is 0. The van der Waals surface area contributed by atoms with E-state index in [2.05, 4.69) is 5.16 Å². The van der Waals surface area contributed by atoms with E-state index in [1.54, 1.807) is 36.6 Å². The maximum absolute atomic E-state index is 11.3. The quantitative estimate of drug-likeness (QED) is 0.904. The van der Waals surface area contributed by atoms with Crippen LogP contribution in [0.15, 0.2) is 53.7 Å². The molecule has 20 heavy (non-hydrogen) atoms. The van der Waals surface area contributed by atoms with Crippen molar-refractivity contribution in [1.82, 2.24) is 0 Å². The zero-order valence-electron chi connectivity index (χ0n) is 10.5. The second-order valence-corrected chi connectivity index (χ2v) is 4.31. The molecule has 1 heterocycles. The molecule has 3 rings (SSSR count). The minimum Gasteiger partial charge on any atom is -0.478 e. The summed E-state index contributed by atoms with van der Waals surface area (Å²) in [5.41, 5.74) is 2.65. The highest BCUT2D eigenvalue weighted by Crippen LogP contribution is 2.30. The molecule has 0 saturated carbocycles. The van der Waals surface area contributed by atoms with E-state index in [9.17, 15) is 9.90 Å². The Hall–Kier alpha value is -2.88. The standard InChI is InChI=1S/C16H11NO3/c18-16(19)14-6-2-1-5-13(14)11-7-8-15-12(10-11)4-3-9-17-20-15/h1-10H,(H,18,19). The number of benzene rings is 2. The molecule has 0 bridgehead atoms. The van der Waals surface area contributed by atoms with Gasteiger partial charge in [-0.05, 0) is 41.5 Å². The summed E-state index contributed by atoms with van der Waals surface area (Å²) in [6, 6.07) is 12.4. The Kier molecular flexibility index (Phi) is 3.05. The fourth-order valence-corrected chi connectivity index (χ4v) is 2.12. The van der Waals surface area contributed by atoms with E-state index in [0.29, 0.717) is 11.3 Å². The SMILES string of the molecule is O=C(O)c1ccccc1-c1ccc2c(c1)C=CC=NO2. The lowest BCUT2D eigenvalue weighted by atomic mass is 9.97.